The molecule has 21 heavy (non-hydrogen) atoms. The highest BCUT2D eigenvalue weighted by Gasteiger charge is 2.10. The molecular weight excluding hydrogens is 286 g/mol. The van der Waals surface area contributed by atoms with E-state index in [1.807, 2.05) is 35.9 Å². The van der Waals surface area contributed by atoms with E-state index in [-0.39, 0.29) is 5.91 Å². The maximum absolute atomic E-state index is 12.0. The molecule has 0 bridgehead atoms. The first-order valence-electron chi connectivity index (χ1n) is 6.51. The maximum Gasteiger partial charge on any atom is 0.271 e. The van der Waals surface area contributed by atoms with E-state index in [0.717, 1.165) is 22.0 Å². The summed E-state index contributed by atoms with van der Waals surface area (Å²) in [5, 5.41) is 8.20. The Hall–Kier alpha value is -2.41. The summed E-state index contributed by atoms with van der Waals surface area (Å²) in [4.78, 5) is 20.6. The number of anilines is 1. The highest BCUT2D eigenvalue weighted by atomic mass is 32.1. The van der Waals surface area contributed by atoms with E-state index in [9.17, 15) is 4.79 Å². The third-order valence-corrected chi connectivity index (χ3v) is 3.89. The minimum atomic E-state index is -0.194. The molecule has 0 aliphatic heterocycles. The lowest BCUT2D eigenvalue weighted by atomic mass is 10.3. The zero-order chi connectivity index (χ0) is 14.8. The first kappa shape index (κ1) is 13.6. The smallest absolute Gasteiger partial charge is 0.271 e. The van der Waals surface area contributed by atoms with Crippen molar-refractivity contribution in [1.29, 1.82) is 0 Å². The molecule has 6 nitrogen and oxygen atoms in total. The molecule has 0 atom stereocenters. The lowest BCUT2D eigenvalue weighted by Crippen LogP contribution is -2.23. The number of fused-ring (bicyclic) bond motifs is 1. The summed E-state index contributed by atoms with van der Waals surface area (Å²) in [7, 11) is 1.78. The van der Waals surface area contributed by atoms with Gasteiger partial charge >= 0.3 is 0 Å². The molecule has 0 radical (unpaired) electrons. The number of rotatable bonds is 4. The molecule has 108 valence electrons. The van der Waals surface area contributed by atoms with Gasteiger partial charge < -0.3 is 15.0 Å². The molecule has 2 N–H and O–H groups in total. The zero-order valence-electron chi connectivity index (χ0n) is 11.8. The van der Waals surface area contributed by atoms with Crippen LogP contribution >= 0.6 is 11.3 Å². The van der Waals surface area contributed by atoms with Crippen molar-refractivity contribution in [3.05, 3.63) is 46.9 Å². The number of carbonyl (C=O) groups excluding carboxylic acids is 1. The summed E-state index contributed by atoms with van der Waals surface area (Å²) < 4.78 is 1.96. The fraction of sp³-hybridized carbons (Fsp3) is 0.214. The van der Waals surface area contributed by atoms with Crippen LogP contribution in [0.5, 0.6) is 0 Å². The highest BCUT2D eigenvalue weighted by molar-refractivity contribution is 7.13. The third-order valence-electron chi connectivity index (χ3n) is 3.03. The van der Waals surface area contributed by atoms with Gasteiger partial charge in [-0.2, -0.15) is 0 Å². The van der Waals surface area contributed by atoms with Gasteiger partial charge in [-0.1, -0.05) is 6.07 Å². The van der Waals surface area contributed by atoms with Crippen LogP contribution in [0.25, 0.3) is 5.65 Å². The number of carbonyl (C=O) groups is 1. The van der Waals surface area contributed by atoms with E-state index in [1.165, 1.54) is 11.3 Å². The second-order valence-corrected chi connectivity index (χ2v) is 5.53. The molecule has 0 saturated carbocycles. The van der Waals surface area contributed by atoms with Crippen LogP contribution in [0.4, 0.5) is 5.13 Å². The minimum absolute atomic E-state index is 0.194. The van der Waals surface area contributed by atoms with Crippen LogP contribution < -0.4 is 10.6 Å². The number of imidazole rings is 1. The topological polar surface area (TPSA) is 71.3 Å². The van der Waals surface area contributed by atoms with Crippen molar-refractivity contribution >= 4 is 28.0 Å². The van der Waals surface area contributed by atoms with Crippen LogP contribution in [-0.2, 0) is 6.54 Å². The van der Waals surface area contributed by atoms with E-state index in [2.05, 4.69) is 20.6 Å². The Morgan fingerprint density at radius 2 is 2.19 bits per heavy atom. The number of amides is 1. The maximum atomic E-state index is 12.0. The van der Waals surface area contributed by atoms with E-state index in [1.54, 1.807) is 12.4 Å². The molecule has 0 saturated heterocycles. The fourth-order valence-electron chi connectivity index (χ4n) is 1.99. The van der Waals surface area contributed by atoms with Crippen molar-refractivity contribution in [2.45, 2.75) is 13.5 Å². The van der Waals surface area contributed by atoms with Gasteiger partial charge in [0.2, 0.25) is 0 Å². The van der Waals surface area contributed by atoms with Crippen LogP contribution in [0.2, 0.25) is 0 Å². The van der Waals surface area contributed by atoms with Crippen molar-refractivity contribution in [2.24, 2.45) is 0 Å². The molecule has 0 unspecified atom stereocenters. The molecule has 0 aromatic carbocycles. The highest BCUT2D eigenvalue weighted by Crippen LogP contribution is 2.14. The lowest BCUT2D eigenvalue weighted by Gasteiger charge is -1.99. The minimum Gasteiger partial charge on any atom is -0.365 e. The normalized spacial score (nSPS) is 10.8. The molecule has 0 fully saturated rings. The number of hydrogen-bond acceptors (Lipinski definition) is 5. The van der Waals surface area contributed by atoms with Crippen molar-refractivity contribution in [2.75, 3.05) is 12.4 Å². The van der Waals surface area contributed by atoms with Crippen LogP contribution in [0.3, 0.4) is 0 Å². The summed E-state index contributed by atoms with van der Waals surface area (Å²) in [6.07, 6.45) is 3.93. The molecule has 7 heteroatoms. The molecular formula is C14H15N5OS. The average molecular weight is 301 g/mol. The average Bonchev–Trinajstić information content (AvgIpc) is 3.10. The Morgan fingerprint density at radius 3 is 2.95 bits per heavy atom. The van der Waals surface area contributed by atoms with Gasteiger partial charge in [-0.05, 0) is 18.6 Å². The van der Waals surface area contributed by atoms with Gasteiger partial charge in [0.25, 0.3) is 5.91 Å². The summed E-state index contributed by atoms with van der Waals surface area (Å²) in [6, 6.07) is 3.97. The van der Waals surface area contributed by atoms with Gasteiger partial charge in [-0.3, -0.25) is 4.79 Å². The van der Waals surface area contributed by atoms with Gasteiger partial charge in [0, 0.05) is 24.8 Å². The molecule has 3 heterocycles. The predicted octanol–water partition coefficient (Wildman–Crippen LogP) is 2.07. The number of aromatic nitrogens is 3. The monoisotopic (exact) mass is 301 g/mol. The molecule has 0 spiro atoms. The van der Waals surface area contributed by atoms with Crippen LogP contribution in [0, 0.1) is 6.92 Å². The SMILES string of the molecule is CNc1nc(C(=O)NCc2cn3cc(C)ccc3n2)cs1. The Bertz CT molecular complexity index is 792. The lowest BCUT2D eigenvalue weighted by molar-refractivity contribution is 0.0946. The molecule has 0 aliphatic rings. The van der Waals surface area contributed by atoms with Gasteiger partial charge in [0.15, 0.2) is 5.13 Å². The summed E-state index contributed by atoms with van der Waals surface area (Å²) in [5.41, 5.74) is 3.27. The molecule has 3 rings (SSSR count). The first-order valence-corrected chi connectivity index (χ1v) is 7.39. The van der Waals surface area contributed by atoms with E-state index in [0.29, 0.717) is 12.2 Å². The van der Waals surface area contributed by atoms with Crippen LogP contribution in [-0.4, -0.2) is 27.3 Å². The molecule has 3 aromatic heterocycles. The summed E-state index contributed by atoms with van der Waals surface area (Å²) in [5.74, 6) is -0.194. The molecule has 0 aliphatic carbocycles. The van der Waals surface area contributed by atoms with Crippen molar-refractivity contribution in [1.82, 2.24) is 19.7 Å². The number of thiazole rings is 1. The Labute approximate surface area is 125 Å². The van der Waals surface area contributed by atoms with E-state index >= 15 is 0 Å². The second-order valence-electron chi connectivity index (χ2n) is 4.67. The number of aryl methyl sites for hydroxylation is 1. The standard InChI is InChI=1S/C14H15N5OS/c1-9-3-4-12-17-10(7-19(12)6-9)5-16-13(20)11-8-21-14(15-2)18-11/h3-4,6-8H,5H2,1-2H3,(H,15,18)(H,16,20). The van der Waals surface area contributed by atoms with Crippen molar-refractivity contribution in [3.63, 3.8) is 0 Å². The van der Waals surface area contributed by atoms with Gasteiger partial charge in [0.1, 0.15) is 11.3 Å². The van der Waals surface area contributed by atoms with Crippen LogP contribution in [0.15, 0.2) is 29.9 Å². The Morgan fingerprint density at radius 1 is 1.33 bits per heavy atom. The quantitative estimate of drug-likeness (QED) is 0.774. The van der Waals surface area contributed by atoms with E-state index < -0.39 is 0 Å². The van der Waals surface area contributed by atoms with Gasteiger partial charge in [-0.25, -0.2) is 9.97 Å². The second kappa shape index (κ2) is 5.53. The first-order chi connectivity index (χ1) is 10.2. The fourth-order valence-corrected chi connectivity index (χ4v) is 2.65. The zero-order valence-corrected chi connectivity index (χ0v) is 12.6. The number of nitrogens with one attached hydrogen (secondary N) is 2. The third kappa shape index (κ3) is 2.87. The summed E-state index contributed by atoms with van der Waals surface area (Å²) in [6.45, 7) is 2.41. The van der Waals surface area contributed by atoms with Crippen molar-refractivity contribution in [3.8, 4) is 0 Å². The number of hydrogen-bond donors (Lipinski definition) is 2. The number of pyridine rings is 1. The Balaban J connectivity index is 1.69. The largest absolute Gasteiger partial charge is 0.365 e. The summed E-state index contributed by atoms with van der Waals surface area (Å²) >= 11 is 1.40. The Kier molecular flexibility index (Phi) is 3.57. The van der Waals surface area contributed by atoms with Gasteiger partial charge in [0.05, 0.1) is 12.2 Å². The predicted molar refractivity (Wildman–Crippen MR) is 82.8 cm³/mol. The van der Waals surface area contributed by atoms with Crippen LogP contribution in [0.1, 0.15) is 21.7 Å². The van der Waals surface area contributed by atoms with Gasteiger partial charge in [-0.15, -0.1) is 11.3 Å². The van der Waals surface area contributed by atoms with E-state index in [4.69, 9.17) is 0 Å². The van der Waals surface area contributed by atoms with Crippen molar-refractivity contribution < 1.29 is 4.79 Å². The molecule has 1 amide bonds. The number of nitrogens with zero attached hydrogens (tertiary/aromatic N) is 3. The molecule has 3 aromatic rings.